The van der Waals surface area contributed by atoms with Gasteiger partial charge < -0.3 is 10.1 Å². The van der Waals surface area contributed by atoms with Gasteiger partial charge in [-0.3, -0.25) is 0 Å². The summed E-state index contributed by atoms with van der Waals surface area (Å²) in [6.07, 6.45) is 1.55. The van der Waals surface area contributed by atoms with Gasteiger partial charge >= 0.3 is 5.97 Å². The number of carboxylic acid groups (broad SMARTS) is 1. The van der Waals surface area contributed by atoms with E-state index in [4.69, 9.17) is 16.7 Å². The average molecular weight is 247 g/mol. The average Bonchev–Trinajstić information content (AvgIpc) is 2.66. The van der Waals surface area contributed by atoms with Crippen molar-refractivity contribution in [1.82, 2.24) is 9.97 Å². The number of benzene rings is 1. The molecule has 5 heteroatoms. The Labute approximate surface area is 101 Å². The number of fused-ring (bicyclic) bond motifs is 3. The standard InChI is InChI=1S/C12H7ClN2O2/c13-7-4-9-8-3-6(12(16)17)1-2-10(8)15-11(9)14-5-7/h1-5H,(H,14,15)(H,16,17). The highest BCUT2D eigenvalue weighted by atomic mass is 35.5. The van der Waals surface area contributed by atoms with Gasteiger partial charge in [0.05, 0.1) is 10.6 Å². The van der Waals surface area contributed by atoms with Gasteiger partial charge in [-0.2, -0.15) is 0 Å². The van der Waals surface area contributed by atoms with Crippen LogP contribution in [0, 0.1) is 0 Å². The van der Waals surface area contributed by atoms with Crippen LogP contribution >= 0.6 is 11.6 Å². The van der Waals surface area contributed by atoms with Gasteiger partial charge in [-0.05, 0) is 24.3 Å². The number of hydrogen-bond acceptors (Lipinski definition) is 2. The van der Waals surface area contributed by atoms with Gasteiger partial charge in [0, 0.05) is 22.5 Å². The Kier molecular flexibility index (Phi) is 2.06. The van der Waals surface area contributed by atoms with E-state index in [2.05, 4.69) is 9.97 Å². The van der Waals surface area contributed by atoms with Crippen LogP contribution in [0.1, 0.15) is 10.4 Å². The molecular formula is C12H7ClN2O2. The molecule has 0 fully saturated rings. The van der Waals surface area contributed by atoms with Crippen LogP contribution in [-0.2, 0) is 0 Å². The molecule has 0 radical (unpaired) electrons. The molecule has 0 bridgehead atoms. The van der Waals surface area contributed by atoms with Gasteiger partial charge in [0.15, 0.2) is 0 Å². The molecule has 1 aromatic carbocycles. The number of rotatable bonds is 1. The van der Waals surface area contributed by atoms with Crippen molar-refractivity contribution >= 4 is 39.5 Å². The summed E-state index contributed by atoms with van der Waals surface area (Å²) in [5.74, 6) is -0.948. The zero-order valence-corrected chi connectivity index (χ0v) is 9.32. The fourth-order valence-corrected chi connectivity index (χ4v) is 2.04. The van der Waals surface area contributed by atoms with Crippen LogP contribution in [0.4, 0.5) is 0 Å². The SMILES string of the molecule is O=C(O)c1ccc2[nH]c3ncc(Cl)cc3c2c1. The molecule has 0 unspecified atom stereocenters. The second-order valence-corrected chi connectivity index (χ2v) is 4.18. The minimum Gasteiger partial charge on any atom is -0.478 e. The molecule has 2 N–H and O–H groups in total. The Bertz CT molecular complexity index is 749. The van der Waals surface area contributed by atoms with Gasteiger partial charge in [-0.15, -0.1) is 0 Å². The van der Waals surface area contributed by atoms with Crippen LogP contribution < -0.4 is 0 Å². The monoisotopic (exact) mass is 246 g/mol. The lowest BCUT2D eigenvalue weighted by atomic mass is 10.1. The van der Waals surface area contributed by atoms with Crippen molar-refractivity contribution in [3.05, 3.63) is 41.0 Å². The van der Waals surface area contributed by atoms with Crippen LogP contribution in [-0.4, -0.2) is 21.0 Å². The Morgan fingerprint density at radius 1 is 1.29 bits per heavy atom. The second kappa shape index (κ2) is 3.46. The number of aromatic amines is 1. The minimum absolute atomic E-state index is 0.248. The molecule has 17 heavy (non-hydrogen) atoms. The smallest absolute Gasteiger partial charge is 0.335 e. The molecule has 0 atom stereocenters. The molecule has 0 spiro atoms. The number of aromatic nitrogens is 2. The number of hydrogen-bond donors (Lipinski definition) is 2. The third-order valence-corrected chi connectivity index (χ3v) is 2.87. The number of H-pyrrole nitrogens is 1. The van der Waals surface area contributed by atoms with Crippen LogP contribution in [0.25, 0.3) is 21.9 Å². The molecule has 84 valence electrons. The van der Waals surface area contributed by atoms with Crippen molar-refractivity contribution < 1.29 is 9.90 Å². The molecule has 0 saturated carbocycles. The Balaban J connectivity index is 2.43. The first-order valence-electron chi connectivity index (χ1n) is 4.95. The van der Waals surface area contributed by atoms with Crippen molar-refractivity contribution in [2.45, 2.75) is 0 Å². The molecule has 0 aliphatic rings. The van der Waals surface area contributed by atoms with E-state index in [1.165, 1.54) is 0 Å². The van der Waals surface area contributed by atoms with Crippen LogP contribution in [0.3, 0.4) is 0 Å². The molecule has 0 aliphatic heterocycles. The van der Waals surface area contributed by atoms with E-state index in [9.17, 15) is 4.79 Å². The number of aromatic carboxylic acids is 1. The first kappa shape index (κ1) is 10.1. The second-order valence-electron chi connectivity index (χ2n) is 3.74. The highest BCUT2D eigenvalue weighted by Crippen LogP contribution is 2.26. The maximum absolute atomic E-state index is 10.9. The maximum atomic E-state index is 10.9. The fourth-order valence-electron chi connectivity index (χ4n) is 1.88. The van der Waals surface area contributed by atoms with E-state index in [1.54, 1.807) is 30.5 Å². The lowest BCUT2D eigenvalue weighted by molar-refractivity contribution is 0.0697. The summed E-state index contributed by atoms with van der Waals surface area (Å²) < 4.78 is 0. The van der Waals surface area contributed by atoms with Crippen molar-refractivity contribution in [1.29, 1.82) is 0 Å². The third-order valence-electron chi connectivity index (χ3n) is 2.66. The topological polar surface area (TPSA) is 66.0 Å². The zero-order chi connectivity index (χ0) is 12.0. The number of halogens is 1. The van der Waals surface area contributed by atoms with Crippen molar-refractivity contribution in [2.24, 2.45) is 0 Å². The molecule has 0 saturated heterocycles. The zero-order valence-electron chi connectivity index (χ0n) is 8.57. The minimum atomic E-state index is -0.948. The molecule has 4 nitrogen and oxygen atoms in total. The predicted molar refractivity (Wildman–Crippen MR) is 65.6 cm³/mol. The molecule has 3 rings (SSSR count). The van der Waals surface area contributed by atoms with E-state index in [1.807, 2.05) is 0 Å². The number of nitrogens with one attached hydrogen (secondary N) is 1. The summed E-state index contributed by atoms with van der Waals surface area (Å²) >= 11 is 5.89. The largest absolute Gasteiger partial charge is 0.478 e. The highest BCUT2D eigenvalue weighted by Gasteiger charge is 2.09. The molecule has 3 aromatic rings. The first-order chi connectivity index (χ1) is 8.15. The van der Waals surface area contributed by atoms with Gasteiger partial charge in [-0.25, -0.2) is 9.78 Å². The molecule has 2 heterocycles. The summed E-state index contributed by atoms with van der Waals surface area (Å²) in [7, 11) is 0. The van der Waals surface area contributed by atoms with Crippen LogP contribution in [0.2, 0.25) is 5.02 Å². The summed E-state index contributed by atoms with van der Waals surface area (Å²) in [6.45, 7) is 0. The maximum Gasteiger partial charge on any atom is 0.335 e. The lowest BCUT2D eigenvalue weighted by Crippen LogP contribution is -1.94. The Hall–Kier alpha value is -2.07. The van der Waals surface area contributed by atoms with Crippen molar-refractivity contribution in [2.75, 3.05) is 0 Å². The van der Waals surface area contributed by atoms with Crippen LogP contribution in [0.15, 0.2) is 30.5 Å². The van der Waals surface area contributed by atoms with E-state index in [0.29, 0.717) is 10.7 Å². The first-order valence-corrected chi connectivity index (χ1v) is 5.33. The highest BCUT2D eigenvalue weighted by molar-refractivity contribution is 6.31. The summed E-state index contributed by atoms with van der Waals surface area (Å²) in [5, 5.41) is 11.1. The summed E-state index contributed by atoms with van der Waals surface area (Å²) in [6, 6.07) is 6.68. The van der Waals surface area contributed by atoms with Gasteiger partial charge in [0.25, 0.3) is 0 Å². The van der Waals surface area contributed by atoms with Crippen molar-refractivity contribution in [3.8, 4) is 0 Å². The predicted octanol–water partition coefficient (Wildman–Crippen LogP) is 3.07. The van der Waals surface area contributed by atoms with Gasteiger partial charge in [0.2, 0.25) is 0 Å². The fraction of sp³-hybridized carbons (Fsp3) is 0. The summed E-state index contributed by atoms with van der Waals surface area (Å²) in [4.78, 5) is 18.2. The lowest BCUT2D eigenvalue weighted by Gasteiger charge is -1.95. The normalized spacial score (nSPS) is 11.1. The Morgan fingerprint density at radius 3 is 2.88 bits per heavy atom. The van der Waals surface area contributed by atoms with E-state index >= 15 is 0 Å². The number of nitrogens with zero attached hydrogens (tertiary/aromatic N) is 1. The number of carboxylic acids is 1. The molecule has 2 aromatic heterocycles. The van der Waals surface area contributed by atoms with E-state index in [0.717, 1.165) is 16.3 Å². The molecule has 0 amide bonds. The van der Waals surface area contributed by atoms with Gasteiger partial charge in [0.1, 0.15) is 5.65 Å². The molecular weight excluding hydrogens is 240 g/mol. The quantitative estimate of drug-likeness (QED) is 0.693. The van der Waals surface area contributed by atoms with Crippen molar-refractivity contribution in [3.63, 3.8) is 0 Å². The number of pyridine rings is 1. The molecule has 0 aliphatic carbocycles. The van der Waals surface area contributed by atoms with E-state index in [-0.39, 0.29) is 5.56 Å². The number of carbonyl (C=O) groups is 1. The van der Waals surface area contributed by atoms with E-state index < -0.39 is 5.97 Å². The third kappa shape index (κ3) is 1.54. The Morgan fingerprint density at radius 2 is 2.12 bits per heavy atom. The van der Waals surface area contributed by atoms with Crippen LogP contribution in [0.5, 0.6) is 0 Å². The summed E-state index contributed by atoms with van der Waals surface area (Å²) in [5.41, 5.74) is 1.80. The van der Waals surface area contributed by atoms with Gasteiger partial charge in [-0.1, -0.05) is 11.6 Å².